The summed E-state index contributed by atoms with van der Waals surface area (Å²) in [6, 6.07) is 17.1. The highest BCUT2D eigenvalue weighted by molar-refractivity contribution is 7.99. The number of aromatic nitrogens is 3. The number of aromatic amines is 1. The molecule has 0 saturated heterocycles. The van der Waals surface area contributed by atoms with Crippen molar-refractivity contribution >= 4 is 23.4 Å². The fourth-order valence-electron chi connectivity index (χ4n) is 2.48. The number of rotatable bonds is 8. The van der Waals surface area contributed by atoms with E-state index in [9.17, 15) is 4.79 Å². The number of hydrogen-bond acceptors (Lipinski definition) is 5. The summed E-state index contributed by atoms with van der Waals surface area (Å²) < 4.78 is 5.15. The second-order valence-electron chi connectivity index (χ2n) is 5.61. The standard InChI is InChI=1S/C20H20N4O2S/c1-3-13-24(16-7-5-4-6-8-16)18(25)14-27-20-21-19(22-23-20)15-9-11-17(26-2)12-10-15/h3-12H,1,13-14H2,2H3,(H,21,22,23). The van der Waals surface area contributed by atoms with Crippen LogP contribution in [0.1, 0.15) is 0 Å². The van der Waals surface area contributed by atoms with Crippen LogP contribution in [0.5, 0.6) is 5.75 Å². The lowest BCUT2D eigenvalue weighted by molar-refractivity contribution is -0.116. The fourth-order valence-corrected chi connectivity index (χ4v) is 3.16. The van der Waals surface area contributed by atoms with Crippen molar-refractivity contribution in [3.8, 4) is 17.1 Å². The molecule has 0 radical (unpaired) electrons. The molecule has 0 bridgehead atoms. The minimum atomic E-state index is -0.0260. The highest BCUT2D eigenvalue weighted by Gasteiger charge is 2.16. The molecule has 0 aliphatic heterocycles. The third-order valence-corrected chi connectivity index (χ3v) is 4.67. The molecule has 0 fully saturated rings. The number of carbonyl (C=O) groups is 1. The lowest BCUT2D eigenvalue weighted by Gasteiger charge is -2.20. The maximum absolute atomic E-state index is 12.6. The van der Waals surface area contributed by atoms with Crippen LogP contribution < -0.4 is 9.64 Å². The third-order valence-electron chi connectivity index (χ3n) is 3.83. The lowest BCUT2D eigenvalue weighted by atomic mass is 10.2. The van der Waals surface area contributed by atoms with Crippen molar-refractivity contribution in [2.75, 3.05) is 24.3 Å². The number of methoxy groups -OCH3 is 1. The van der Waals surface area contributed by atoms with Gasteiger partial charge in [0.1, 0.15) is 5.75 Å². The first-order valence-electron chi connectivity index (χ1n) is 8.37. The van der Waals surface area contributed by atoms with E-state index in [0.717, 1.165) is 17.0 Å². The zero-order valence-electron chi connectivity index (χ0n) is 15.0. The average Bonchev–Trinajstić information content (AvgIpc) is 3.20. The fraction of sp³-hybridized carbons (Fsp3) is 0.150. The van der Waals surface area contributed by atoms with Crippen molar-refractivity contribution in [2.45, 2.75) is 5.16 Å². The Kier molecular flexibility index (Phi) is 6.27. The van der Waals surface area contributed by atoms with Gasteiger partial charge >= 0.3 is 0 Å². The lowest BCUT2D eigenvalue weighted by Crippen LogP contribution is -2.32. The Balaban J connectivity index is 1.64. The molecule has 27 heavy (non-hydrogen) atoms. The monoisotopic (exact) mass is 380 g/mol. The number of thioether (sulfide) groups is 1. The van der Waals surface area contributed by atoms with Crippen molar-refractivity contribution in [1.29, 1.82) is 0 Å². The van der Waals surface area contributed by atoms with Gasteiger partial charge in [-0.25, -0.2) is 4.98 Å². The van der Waals surface area contributed by atoms with Gasteiger partial charge in [0.05, 0.1) is 12.9 Å². The Morgan fingerprint density at radius 2 is 1.96 bits per heavy atom. The summed E-state index contributed by atoms with van der Waals surface area (Å²) in [5.41, 5.74) is 1.75. The Morgan fingerprint density at radius 1 is 1.22 bits per heavy atom. The number of nitrogens with zero attached hydrogens (tertiary/aromatic N) is 3. The van der Waals surface area contributed by atoms with Crippen molar-refractivity contribution in [3.05, 3.63) is 67.3 Å². The van der Waals surface area contributed by atoms with Crippen molar-refractivity contribution in [3.63, 3.8) is 0 Å². The number of hydrogen-bond donors (Lipinski definition) is 1. The van der Waals surface area contributed by atoms with Crippen LogP contribution >= 0.6 is 11.8 Å². The molecule has 0 spiro atoms. The van der Waals surface area contributed by atoms with Crippen molar-refractivity contribution in [2.24, 2.45) is 0 Å². The second kappa shape index (κ2) is 9.05. The van der Waals surface area contributed by atoms with Crippen molar-refractivity contribution in [1.82, 2.24) is 15.2 Å². The maximum Gasteiger partial charge on any atom is 0.237 e. The van der Waals surface area contributed by atoms with Crippen LogP contribution in [0, 0.1) is 0 Å². The molecule has 0 aliphatic rings. The number of ether oxygens (including phenoxy) is 1. The van der Waals surface area contributed by atoms with Gasteiger partial charge in [-0.2, -0.15) is 0 Å². The SMILES string of the molecule is C=CCN(C(=O)CSc1n[nH]c(-c2ccc(OC)cc2)n1)c1ccccc1. The predicted octanol–water partition coefficient (Wildman–Crippen LogP) is 3.79. The molecule has 2 aromatic carbocycles. The largest absolute Gasteiger partial charge is 0.497 e. The average molecular weight is 380 g/mol. The van der Waals surface area contributed by atoms with Crippen LogP contribution in [-0.4, -0.2) is 40.5 Å². The van der Waals surface area contributed by atoms with Crippen molar-refractivity contribution < 1.29 is 9.53 Å². The van der Waals surface area contributed by atoms with Crippen LogP contribution in [0.2, 0.25) is 0 Å². The minimum Gasteiger partial charge on any atom is -0.497 e. The summed E-state index contributed by atoms with van der Waals surface area (Å²) in [4.78, 5) is 18.8. The van der Waals surface area contributed by atoms with Crippen LogP contribution in [-0.2, 0) is 4.79 Å². The number of para-hydroxylation sites is 1. The first-order valence-corrected chi connectivity index (χ1v) is 9.35. The summed E-state index contributed by atoms with van der Waals surface area (Å²) in [5, 5.41) is 7.62. The zero-order valence-corrected chi connectivity index (χ0v) is 15.8. The highest BCUT2D eigenvalue weighted by atomic mass is 32.2. The zero-order chi connectivity index (χ0) is 19.1. The number of benzene rings is 2. The molecule has 1 heterocycles. The first kappa shape index (κ1) is 18.7. The van der Waals surface area contributed by atoms with Crippen LogP contribution in [0.4, 0.5) is 5.69 Å². The molecule has 0 atom stereocenters. The molecule has 3 aromatic rings. The molecule has 1 N–H and O–H groups in total. The maximum atomic E-state index is 12.6. The Bertz CT molecular complexity index is 894. The van der Waals surface area contributed by atoms with E-state index in [1.165, 1.54) is 11.8 Å². The quantitative estimate of drug-likeness (QED) is 0.475. The van der Waals surface area contributed by atoms with Gasteiger partial charge in [0.25, 0.3) is 0 Å². The molecular formula is C20H20N4O2S. The first-order chi connectivity index (χ1) is 13.2. The van der Waals surface area contributed by atoms with E-state index in [-0.39, 0.29) is 11.7 Å². The van der Waals surface area contributed by atoms with Crippen LogP contribution in [0.25, 0.3) is 11.4 Å². The molecule has 3 rings (SSSR count). The summed E-state index contributed by atoms with van der Waals surface area (Å²) in [6.45, 7) is 4.19. The Labute approximate surface area is 162 Å². The predicted molar refractivity (Wildman–Crippen MR) is 108 cm³/mol. The summed E-state index contributed by atoms with van der Waals surface area (Å²) in [7, 11) is 1.63. The van der Waals surface area contributed by atoms with Gasteiger partial charge in [-0.15, -0.1) is 11.7 Å². The summed E-state index contributed by atoms with van der Waals surface area (Å²) >= 11 is 1.30. The van der Waals surface area contributed by atoms with E-state index in [1.54, 1.807) is 18.1 Å². The normalized spacial score (nSPS) is 10.4. The van der Waals surface area contributed by atoms with Gasteiger partial charge in [0, 0.05) is 17.8 Å². The number of nitrogens with one attached hydrogen (secondary N) is 1. The van der Waals surface area contributed by atoms with E-state index < -0.39 is 0 Å². The molecular weight excluding hydrogens is 360 g/mol. The molecule has 6 nitrogen and oxygen atoms in total. The van der Waals surface area contributed by atoms with E-state index in [2.05, 4.69) is 21.8 Å². The van der Waals surface area contributed by atoms with Crippen LogP contribution in [0.3, 0.4) is 0 Å². The minimum absolute atomic E-state index is 0.0260. The van der Waals surface area contributed by atoms with Crippen LogP contribution in [0.15, 0.2) is 72.4 Å². The topological polar surface area (TPSA) is 71.1 Å². The highest BCUT2D eigenvalue weighted by Crippen LogP contribution is 2.22. The molecule has 7 heteroatoms. The van der Waals surface area contributed by atoms with E-state index in [0.29, 0.717) is 17.5 Å². The van der Waals surface area contributed by atoms with Gasteiger partial charge in [0.15, 0.2) is 5.82 Å². The third kappa shape index (κ3) is 4.77. The van der Waals surface area contributed by atoms with E-state index in [4.69, 9.17) is 4.74 Å². The molecule has 0 saturated carbocycles. The van der Waals surface area contributed by atoms with Gasteiger partial charge in [0.2, 0.25) is 11.1 Å². The molecule has 1 aromatic heterocycles. The second-order valence-corrected chi connectivity index (χ2v) is 6.55. The van der Waals surface area contributed by atoms with Gasteiger partial charge in [-0.1, -0.05) is 36.0 Å². The summed E-state index contributed by atoms with van der Waals surface area (Å²) in [5.74, 6) is 1.64. The molecule has 0 unspecified atom stereocenters. The Hall–Kier alpha value is -3.06. The van der Waals surface area contributed by atoms with Gasteiger partial charge in [-0.05, 0) is 36.4 Å². The molecule has 0 aliphatic carbocycles. The van der Waals surface area contributed by atoms with E-state index >= 15 is 0 Å². The number of H-pyrrole nitrogens is 1. The van der Waals surface area contributed by atoms with Gasteiger partial charge < -0.3 is 9.64 Å². The smallest absolute Gasteiger partial charge is 0.237 e. The Morgan fingerprint density at radius 3 is 2.63 bits per heavy atom. The van der Waals surface area contributed by atoms with Gasteiger partial charge in [-0.3, -0.25) is 9.89 Å². The molecule has 138 valence electrons. The number of carbonyl (C=O) groups excluding carboxylic acids is 1. The number of anilines is 1. The number of amides is 1. The van der Waals surface area contributed by atoms with E-state index in [1.807, 2.05) is 54.6 Å². The summed E-state index contributed by atoms with van der Waals surface area (Å²) in [6.07, 6.45) is 1.71. The molecule has 1 amide bonds.